The summed E-state index contributed by atoms with van der Waals surface area (Å²) in [5.74, 6) is 0. The maximum atomic E-state index is 3.37. The molecule has 0 aliphatic rings. The van der Waals surface area contributed by atoms with Crippen LogP contribution >= 0.6 is 79.8 Å². The molecule has 0 atom stereocenters. The van der Waals surface area contributed by atoms with Crippen LogP contribution in [0.4, 0.5) is 0 Å². The van der Waals surface area contributed by atoms with Gasteiger partial charge in [-0.25, -0.2) is 0 Å². The first kappa shape index (κ1) is 10.6. The molecule has 48 valence electrons. The van der Waals surface area contributed by atoms with Crippen LogP contribution in [0.3, 0.4) is 0 Å². The summed E-state index contributed by atoms with van der Waals surface area (Å²) in [6, 6.07) is 0. The zero-order valence-corrected chi connectivity index (χ0v) is 15.1. The first-order chi connectivity index (χ1) is 2.45. The zero-order valence-electron chi connectivity index (χ0n) is 2.68. The molecule has 0 aromatic heterocycles. The third-order valence-electron chi connectivity index (χ3n) is 0. The Hall–Kier alpha value is 3.57. The molecule has 0 bridgehead atoms. The number of halogens is 6. The van der Waals surface area contributed by atoms with E-state index in [2.05, 4.69) is 79.8 Å². The first-order valence-corrected chi connectivity index (χ1v) is 39.4. The van der Waals surface area contributed by atoms with E-state index in [9.17, 15) is 0 Å². The predicted octanol–water partition coefficient (Wildman–Crippen LogP) is 5.07. The quantitative estimate of drug-likeness (QED) is 0.340. The van der Waals surface area contributed by atoms with Crippen LogP contribution in [0.15, 0.2) is 0 Å². The third-order valence-corrected chi connectivity index (χ3v) is 0. The maximum absolute atomic E-state index is 3.43. The Morgan fingerprint density at radius 2 is 0.571 bits per heavy atom. The summed E-state index contributed by atoms with van der Waals surface area (Å²) < 4.78 is -3.43. The number of rotatable bonds is 0. The Morgan fingerprint density at radius 1 is 0.571 bits per heavy atom. The summed E-state index contributed by atoms with van der Waals surface area (Å²) in [5.41, 5.74) is 0. The summed E-state index contributed by atoms with van der Waals surface area (Å²) in [4.78, 5) is 0. The van der Waals surface area contributed by atoms with E-state index in [-0.39, 0.29) is 0 Å². The number of hydrogen-bond acceptors (Lipinski definition) is 0. The van der Waals surface area contributed by atoms with Crippen molar-refractivity contribution < 1.29 is 1.22 Å². The minimum atomic E-state index is -3.43. The van der Waals surface area contributed by atoms with Crippen molar-refractivity contribution in [1.29, 1.82) is 0 Å². The van der Waals surface area contributed by atoms with Crippen molar-refractivity contribution in [2.45, 2.75) is 0 Å². The van der Waals surface area contributed by atoms with Gasteiger partial charge in [0.25, 0.3) is 0 Å². The summed E-state index contributed by atoms with van der Waals surface area (Å²) in [6.07, 6.45) is 0. The normalized spacial score (nSPS) is 23.1. The van der Waals surface area contributed by atoms with Crippen molar-refractivity contribution in [3.8, 4) is 0 Å². The van der Waals surface area contributed by atoms with Crippen LogP contribution in [-0.4, -0.2) is 0 Å². The molecule has 0 unspecified atom stereocenters. The van der Waals surface area contributed by atoms with E-state index in [1.807, 2.05) is 0 Å². The van der Waals surface area contributed by atoms with Crippen LogP contribution in [0, 0.1) is 0 Å². The second-order valence-electron chi connectivity index (χ2n) is 0.875. The van der Waals surface area contributed by atoms with Gasteiger partial charge in [0.05, 0.1) is 0 Å². The van der Waals surface area contributed by atoms with Crippen molar-refractivity contribution in [3.63, 3.8) is 0 Å². The predicted molar refractivity (Wildman–Crippen MR) is 53.6 cm³/mol. The van der Waals surface area contributed by atoms with Crippen molar-refractivity contribution in [3.05, 3.63) is 0 Å². The van der Waals surface area contributed by atoms with Gasteiger partial charge in [-0.3, -0.25) is 0 Å². The molecule has 0 radical (unpaired) electrons. The molecule has 0 fully saturated rings. The summed E-state index contributed by atoms with van der Waals surface area (Å²) in [6.45, 7) is 0. The third kappa shape index (κ3) is 43.0. The van der Waals surface area contributed by atoms with Gasteiger partial charge in [0.15, 0.2) is 0 Å². The van der Waals surface area contributed by atoms with Gasteiger partial charge in [-0.15, -0.1) is 0 Å². The minimum absolute atomic E-state index is 3.37. The molecule has 7 heavy (non-hydrogen) atoms. The van der Waals surface area contributed by atoms with Gasteiger partial charge in [0.1, 0.15) is 0 Å². The van der Waals surface area contributed by atoms with Gasteiger partial charge in [-0.1, -0.05) is 0 Å². The molecule has 0 heterocycles. The van der Waals surface area contributed by atoms with Crippen molar-refractivity contribution >= 4 is 79.8 Å². The molecule has 0 aliphatic heterocycles. The van der Waals surface area contributed by atoms with Crippen molar-refractivity contribution in [1.82, 2.24) is 0 Å². The van der Waals surface area contributed by atoms with E-state index in [4.69, 9.17) is 0 Å². The van der Waals surface area contributed by atoms with Gasteiger partial charge in [0, 0.05) is 0 Å². The molecule has 0 saturated carbocycles. The van der Waals surface area contributed by atoms with Crippen LogP contribution in [0.2, 0.25) is 0 Å². The van der Waals surface area contributed by atoms with Crippen molar-refractivity contribution in [2.24, 2.45) is 0 Å². The van der Waals surface area contributed by atoms with Gasteiger partial charge in [0.2, 0.25) is 0 Å². The fourth-order valence-corrected chi connectivity index (χ4v) is 0. The second-order valence-corrected chi connectivity index (χ2v) is 193. The summed E-state index contributed by atoms with van der Waals surface area (Å²) in [5, 5.41) is 0. The monoisotopic (exact) mass is 657 g/mol. The fourth-order valence-electron chi connectivity index (χ4n) is 0. The van der Waals surface area contributed by atoms with E-state index in [1.165, 1.54) is 0 Å². The number of hydrogen-bond donors (Lipinski definition) is 0. The topological polar surface area (TPSA) is 0 Å². The Kier molecular flexibility index (Phi) is 3.08. The van der Waals surface area contributed by atoms with Crippen LogP contribution < -0.4 is 0 Å². The average molecular weight is 663 g/mol. The first-order valence-electron chi connectivity index (χ1n) is 0.926. The van der Waals surface area contributed by atoms with E-state index in [0.29, 0.717) is 0 Å². The summed E-state index contributed by atoms with van der Waals surface area (Å²) in [7, 11) is 0. The van der Waals surface area contributed by atoms with E-state index in [0.717, 1.165) is 0 Å². The van der Waals surface area contributed by atoms with Gasteiger partial charge in [-0.05, 0) is 0 Å². The molecule has 0 saturated heterocycles. The van der Waals surface area contributed by atoms with Gasteiger partial charge in [-0.2, -0.15) is 0 Å². The van der Waals surface area contributed by atoms with Crippen LogP contribution in [0.1, 0.15) is 0 Å². The van der Waals surface area contributed by atoms with Gasteiger partial charge < -0.3 is 0 Å². The molecule has 0 nitrogen and oxygen atoms in total. The van der Waals surface area contributed by atoms with E-state index in [1.54, 1.807) is 0 Å². The molecule has 0 amide bonds. The molecule has 0 aliphatic carbocycles. The zero-order chi connectivity index (χ0) is 6.41. The molecular formula is Br6W. The fraction of sp³-hybridized carbons (Fsp3) is 0. The molecule has 0 N–H and O–H groups in total. The second kappa shape index (κ2) is 2.04. The van der Waals surface area contributed by atoms with Gasteiger partial charge >= 0.3 is 81.0 Å². The Labute approximate surface area is 78.9 Å². The van der Waals surface area contributed by atoms with E-state index >= 15 is 0 Å². The van der Waals surface area contributed by atoms with Crippen molar-refractivity contribution in [2.75, 3.05) is 0 Å². The molecule has 0 aromatic carbocycles. The van der Waals surface area contributed by atoms with Crippen LogP contribution in [-0.2, 0) is 1.22 Å². The summed E-state index contributed by atoms with van der Waals surface area (Å²) >= 11 is 20.2. The van der Waals surface area contributed by atoms with Crippen LogP contribution in [0.5, 0.6) is 0 Å². The van der Waals surface area contributed by atoms with E-state index < -0.39 is 1.22 Å². The Balaban J connectivity index is 4.43. The molecule has 0 rings (SSSR count). The molecule has 0 aromatic rings. The Morgan fingerprint density at radius 3 is 0.571 bits per heavy atom. The molecular weight excluding hydrogens is 663 g/mol. The standard InChI is InChI=1S/6BrH.W/h6*1H;/q;;;;;;+6/p-6. The molecule has 7 heteroatoms. The molecule has 0 spiro atoms. The SMILES string of the molecule is [Br][W]([Br])([Br])([Br])([Br])[Br]. The average Bonchev–Trinajstić information content (AvgIpc) is 0.592. The van der Waals surface area contributed by atoms with Crippen LogP contribution in [0.25, 0.3) is 0 Å². The Bertz CT molecular complexity index is 62.7.